The van der Waals surface area contributed by atoms with E-state index in [0.717, 1.165) is 0 Å². The second-order valence-electron chi connectivity index (χ2n) is 3.49. The first kappa shape index (κ1) is 13.3. The maximum atomic E-state index is 12.6. The smallest absolute Gasteiger partial charge is 0.288 e. The number of hydrogen-bond acceptors (Lipinski definition) is 2. The molecule has 0 aliphatic carbocycles. The molecule has 90 valence electrons. The molecule has 0 radical (unpaired) electrons. The number of rotatable bonds is 4. The van der Waals surface area contributed by atoms with Crippen molar-refractivity contribution in [2.24, 2.45) is 5.73 Å². The third-order valence-electron chi connectivity index (χ3n) is 2.13. The summed E-state index contributed by atoms with van der Waals surface area (Å²) in [6.07, 6.45) is -2.75. The van der Waals surface area contributed by atoms with Gasteiger partial charge in [0.05, 0.1) is 5.54 Å². The summed E-state index contributed by atoms with van der Waals surface area (Å²) in [6, 6.07) is 5.54. The maximum absolute atomic E-state index is 12.6. The highest BCUT2D eigenvalue weighted by atomic mass is 32.2. The molecule has 0 aliphatic rings. The highest BCUT2D eigenvalue weighted by Gasteiger charge is 2.32. The fraction of sp³-hybridized carbons (Fsp3) is 0.400. The Kier molecular flexibility index (Phi) is 4.21. The van der Waals surface area contributed by atoms with Gasteiger partial charge in [0.2, 0.25) is 0 Å². The van der Waals surface area contributed by atoms with Crippen molar-refractivity contribution in [3.8, 4) is 0 Å². The molecular weight excluding hydrogens is 242 g/mol. The highest BCUT2D eigenvalue weighted by molar-refractivity contribution is 7.99. The molecule has 2 N–H and O–H groups in total. The molecule has 0 heterocycles. The first-order valence-corrected chi connectivity index (χ1v) is 5.34. The summed E-state index contributed by atoms with van der Waals surface area (Å²) in [7, 11) is 0. The van der Waals surface area contributed by atoms with Crippen LogP contribution in [0, 0.1) is 0 Å². The van der Waals surface area contributed by atoms with Crippen LogP contribution in [0.15, 0.2) is 29.2 Å². The standard InChI is InChI=1S/C10H11F4NS/c1-10(15,8(11)12)6-3-2-4-7(5-6)16-9(13)14/h2-5,8-9H,15H2,1H3. The number of thioether (sulfide) groups is 1. The van der Waals surface area contributed by atoms with E-state index < -0.39 is 17.7 Å². The van der Waals surface area contributed by atoms with Crippen LogP contribution in [0.5, 0.6) is 0 Å². The van der Waals surface area contributed by atoms with Crippen LogP contribution in [0.2, 0.25) is 0 Å². The van der Waals surface area contributed by atoms with Crippen molar-refractivity contribution in [1.82, 2.24) is 0 Å². The van der Waals surface area contributed by atoms with Gasteiger partial charge >= 0.3 is 0 Å². The number of nitrogens with two attached hydrogens (primary N) is 1. The van der Waals surface area contributed by atoms with Crippen molar-refractivity contribution in [2.45, 2.75) is 29.5 Å². The van der Waals surface area contributed by atoms with Crippen LogP contribution in [-0.2, 0) is 5.54 Å². The lowest BCUT2D eigenvalue weighted by atomic mass is 9.94. The zero-order valence-electron chi connectivity index (χ0n) is 8.46. The summed E-state index contributed by atoms with van der Waals surface area (Å²) < 4.78 is 49.4. The van der Waals surface area contributed by atoms with E-state index in [9.17, 15) is 17.6 Å². The van der Waals surface area contributed by atoms with E-state index in [-0.39, 0.29) is 10.5 Å². The van der Waals surface area contributed by atoms with E-state index in [1.165, 1.54) is 31.2 Å². The molecule has 1 nitrogen and oxygen atoms in total. The normalized spacial score (nSPS) is 15.5. The van der Waals surface area contributed by atoms with Crippen molar-refractivity contribution < 1.29 is 17.6 Å². The molecule has 1 unspecified atom stereocenters. The monoisotopic (exact) mass is 253 g/mol. The molecule has 16 heavy (non-hydrogen) atoms. The summed E-state index contributed by atoms with van der Waals surface area (Å²) in [4.78, 5) is 0.227. The van der Waals surface area contributed by atoms with Gasteiger partial charge in [-0.25, -0.2) is 8.78 Å². The van der Waals surface area contributed by atoms with Gasteiger partial charge in [-0.1, -0.05) is 23.9 Å². The van der Waals surface area contributed by atoms with Crippen LogP contribution in [0.25, 0.3) is 0 Å². The zero-order chi connectivity index (χ0) is 12.3. The minimum atomic E-state index is -2.75. The van der Waals surface area contributed by atoms with Crippen LogP contribution in [0.3, 0.4) is 0 Å². The van der Waals surface area contributed by atoms with Gasteiger partial charge in [0.1, 0.15) is 0 Å². The van der Waals surface area contributed by atoms with Crippen LogP contribution in [0.4, 0.5) is 17.6 Å². The number of hydrogen-bond donors (Lipinski definition) is 1. The third kappa shape index (κ3) is 3.12. The van der Waals surface area contributed by atoms with Crippen LogP contribution < -0.4 is 5.73 Å². The third-order valence-corrected chi connectivity index (χ3v) is 2.84. The Hall–Kier alpha value is -0.750. The maximum Gasteiger partial charge on any atom is 0.288 e. The lowest BCUT2D eigenvalue weighted by Crippen LogP contribution is -2.40. The van der Waals surface area contributed by atoms with E-state index in [1.807, 2.05) is 0 Å². The average Bonchev–Trinajstić information content (AvgIpc) is 2.16. The number of alkyl halides is 4. The molecule has 0 spiro atoms. The lowest BCUT2D eigenvalue weighted by Gasteiger charge is -2.24. The SMILES string of the molecule is CC(N)(c1cccc(SC(F)F)c1)C(F)F. The highest BCUT2D eigenvalue weighted by Crippen LogP contribution is 2.31. The molecule has 1 aromatic rings. The van der Waals surface area contributed by atoms with E-state index in [4.69, 9.17) is 5.73 Å². The Morgan fingerprint density at radius 1 is 1.25 bits per heavy atom. The van der Waals surface area contributed by atoms with Crippen LogP contribution in [-0.4, -0.2) is 12.2 Å². The van der Waals surface area contributed by atoms with Gasteiger partial charge in [-0.2, -0.15) is 8.78 Å². The summed E-state index contributed by atoms with van der Waals surface area (Å²) in [5.41, 5.74) is 3.76. The largest absolute Gasteiger partial charge is 0.317 e. The molecule has 1 aromatic carbocycles. The molecule has 1 atom stereocenters. The first-order chi connectivity index (χ1) is 7.34. The van der Waals surface area contributed by atoms with Gasteiger partial charge in [0, 0.05) is 4.90 Å². The van der Waals surface area contributed by atoms with E-state index in [1.54, 1.807) is 0 Å². The van der Waals surface area contributed by atoms with E-state index in [0.29, 0.717) is 11.8 Å². The Bertz CT molecular complexity index is 354. The molecular formula is C10H11F4NS. The predicted octanol–water partition coefficient (Wildman–Crippen LogP) is 3.44. The molecule has 0 fully saturated rings. The molecule has 0 saturated heterocycles. The van der Waals surface area contributed by atoms with Crippen LogP contribution >= 0.6 is 11.8 Å². The quantitative estimate of drug-likeness (QED) is 0.657. The Balaban J connectivity index is 2.98. The van der Waals surface area contributed by atoms with Gasteiger partial charge in [-0.15, -0.1) is 0 Å². The molecule has 1 rings (SSSR count). The van der Waals surface area contributed by atoms with Crippen molar-refractivity contribution >= 4 is 11.8 Å². The summed E-state index contributed by atoms with van der Waals surface area (Å²) in [5.74, 6) is -2.58. The zero-order valence-corrected chi connectivity index (χ0v) is 9.28. The minimum absolute atomic E-state index is 0.146. The van der Waals surface area contributed by atoms with Gasteiger partial charge in [-0.3, -0.25) is 0 Å². The average molecular weight is 253 g/mol. The topological polar surface area (TPSA) is 26.0 Å². The minimum Gasteiger partial charge on any atom is -0.317 e. The van der Waals surface area contributed by atoms with Gasteiger partial charge < -0.3 is 5.73 Å². The molecule has 0 aliphatic heterocycles. The summed E-state index contributed by atoms with van der Waals surface area (Å²) >= 11 is 0.307. The van der Waals surface area contributed by atoms with Gasteiger partial charge in [0.25, 0.3) is 12.2 Å². The molecule has 0 aromatic heterocycles. The van der Waals surface area contributed by atoms with E-state index >= 15 is 0 Å². The van der Waals surface area contributed by atoms with Crippen molar-refractivity contribution in [3.05, 3.63) is 29.8 Å². The lowest BCUT2D eigenvalue weighted by molar-refractivity contribution is 0.0624. The Morgan fingerprint density at radius 2 is 1.88 bits per heavy atom. The van der Waals surface area contributed by atoms with E-state index in [2.05, 4.69) is 0 Å². The van der Waals surface area contributed by atoms with Crippen LogP contribution in [0.1, 0.15) is 12.5 Å². The Labute approximate surface area is 95.0 Å². The van der Waals surface area contributed by atoms with Gasteiger partial charge in [0.15, 0.2) is 0 Å². The van der Waals surface area contributed by atoms with Gasteiger partial charge in [-0.05, 0) is 24.6 Å². The van der Waals surface area contributed by atoms with Crippen molar-refractivity contribution in [1.29, 1.82) is 0 Å². The molecule has 0 saturated carbocycles. The molecule has 6 heteroatoms. The summed E-state index contributed by atoms with van der Waals surface area (Å²) in [5, 5.41) is 0. The fourth-order valence-electron chi connectivity index (χ4n) is 1.13. The van der Waals surface area contributed by atoms with Crippen molar-refractivity contribution in [2.75, 3.05) is 0 Å². The fourth-order valence-corrected chi connectivity index (χ4v) is 1.69. The second kappa shape index (κ2) is 5.05. The number of halogens is 4. The first-order valence-electron chi connectivity index (χ1n) is 4.46. The molecule has 0 bridgehead atoms. The van der Waals surface area contributed by atoms with Crippen molar-refractivity contribution in [3.63, 3.8) is 0 Å². The predicted molar refractivity (Wildman–Crippen MR) is 55.8 cm³/mol. The Morgan fingerprint density at radius 3 is 2.38 bits per heavy atom. The molecule has 0 amide bonds. The number of benzene rings is 1. The second-order valence-corrected chi connectivity index (χ2v) is 4.55. The summed E-state index contributed by atoms with van der Waals surface area (Å²) in [6.45, 7) is 1.17.